The Balaban J connectivity index is 1.86. The van der Waals surface area contributed by atoms with Crippen molar-refractivity contribution in [3.63, 3.8) is 0 Å². The minimum atomic E-state index is 0.765. The van der Waals surface area contributed by atoms with Gasteiger partial charge in [0.25, 0.3) is 0 Å². The maximum absolute atomic E-state index is 3.74. The zero-order chi connectivity index (χ0) is 11.5. The van der Waals surface area contributed by atoms with E-state index in [0.29, 0.717) is 0 Å². The van der Waals surface area contributed by atoms with E-state index in [1.807, 2.05) is 0 Å². The highest BCUT2D eigenvalue weighted by Crippen LogP contribution is 2.33. The fourth-order valence-electron chi connectivity index (χ4n) is 3.02. The first-order valence-electron chi connectivity index (χ1n) is 7.14. The van der Waals surface area contributed by atoms with Crippen molar-refractivity contribution in [3.05, 3.63) is 0 Å². The molecule has 1 saturated carbocycles. The Morgan fingerprint density at radius 2 is 2.00 bits per heavy atom. The van der Waals surface area contributed by atoms with Gasteiger partial charge in [-0.1, -0.05) is 13.8 Å². The Morgan fingerprint density at radius 1 is 1.25 bits per heavy atom. The third-order valence-electron chi connectivity index (χ3n) is 4.09. The zero-order valence-corrected chi connectivity index (χ0v) is 11.2. The average molecular weight is 224 g/mol. The van der Waals surface area contributed by atoms with E-state index in [1.54, 1.807) is 0 Å². The number of hydrogen-bond donors (Lipinski definition) is 1. The van der Waals surface area contributed by atoms with Crippen molar-refractivity contribution in [2.75, 3.05) is 19.6 Å². The van der Waals surface area contributed by atoms with Crippen molar-refractivity contribution in [3.8, 4) is 0 Å². The number of hydrogen-bond acceptors (Lipinski definition) is 2. The molecule has 2 rings (SSSR count). The van der Waals surface area contributed by atoms with Gasteiger partial charge in [-0.15, -0.1) is 0 Å². The van der Waals surface area contributed by atoms with Crippen LogP contribution in [0.15, 0.2) is 0 Å². The van der Waals surface area contributed by atoms with E-state index in [-0.39, 0.29) is 0 Å². The Morgan fingerprint density at radius 3 is 2.62 bits per heavy atom. The first-order valence-corrected chi connectivity index (χ1v) is 7.14. The van der Waals surface area contributed by atoms with Crippen molar-refractivity contribution in [1.82, 2.24) is 10.2 Å². The maximum atomic E-state index is 3.74. The van der Waals surface area contributed by atoms with Crippen LogP contribution >= 0.6 is 0 Å². The van der Waals surface area contributed by atoms with E-state index in [1.165, 1.54) is 45.3 Å². The zero-order valence-electron chi connectivity index (χ0n) is 11.2. The lowest BCUT2D eigenvalue weighted by Gasteiger charge is -2.31. The van der Waals surface area contributed by atoms with Gasteiger partial charge in [0.2, 0.25) is 0 Å². The smallest absolute Gasteiger partial charge is 0.0223 e. The molecular weight excluding hydrogens is 196 g/mol. The van der Waals surface area contributed by atoms with Crippen LogP contribution in [0.4, 0.5) is 0 Å². The quantitative estimate of drug-likeness (QED) is 0.789. The lowest BCUT2D eigenvalue weighted by Crippen LogP contribution is -2.43. The minimum Gasteiger partial charge on any atom is -0.312 e. The molecule has 2 unspecified atom stereocenters. The largest absolute Gasteiger partial charge is 0.312 e. The van der Waals surface area contributed by atoms with Crippen LogP contribution in [0.1, 0.15) is 46.5 Å². The Hall–Kier alpha value is -0.0800. The monoisotopic (exact) mass is 224 g/mol. The van der Waals surface area contributed by atoms with Gasteiger partial charge in [0.1, 0.15) is 0 Å². The fraction of sp³-hybridized carbons (Fsp3) is 1.00. The lowest BCUT2D eigenvalue weighted by atomic mass is 10.0. The molecule has 0 amide bonds. The van der Waals surface area contributed by atoms with Crippen LogP contribution in [-0.4, -0.2) is 36.6 Å². The molecule has 1 aliphatic heterocycles. The summed E-state index contributed by atoms with van der Waals surface area (Å²) in [5.74, 6) is 1.82. The molecule has 0 radical (unpaired) electrons. The number of nitrogens with zero attached hydrogens (tertiary/aromatic N) is 1. The normalized spacial score (nSPS) is 30.4. The fourth-order valence-corrected chi connectivity index (χ4v) is 3.02. The van der Waals surface area contributed by atoms with Gasteiger partial charge in [-0.3, -0.25) is 4.90 Å². The van der Waals surface area contributed by atoms with Crippen LogP contribution < -0.4 is 5.32 Å². The van der Waals surface area contributed by atoms with E-state index >= 15 is 0 Å². The average Bonchev–Trinajstić information content (AvgIpc) is 3.03. The van der Waals surface area contributed by atoms with Crippen molar-refractivity contribution in [2.24, 2.45) is 11.8 Å². The lowest BCUT2D eigenvalue weighted by molar-refractivity contribution is 0.178. The van der Waals surface area contributed by atoms with E-state index in [9.17, 15) is 0 Å². The topological polar surface area (TPSA) is 15.3 Å². The van der Waals surface area contributed by atoms with Gasteiger partial charge in [0.15, 0.2) is 0 Å². The van der Waals surface area contributed by atoms with Crippen molar-refractivity contribution in [2.45, 2.75) is 58.5 Å². The van der Waals surface area contributed by atoms with E-state index in [0.717, 1.165) is 23.9 Å². The summed E-state index contributed by atoms with van der Waals surface area (Å²) in [4.78, 5) is 2.73. The third kappa shape index (κ3) is 3.46. The van der Waals surface area contributed by atoms with Gasteiger partial charge >= 0.3 is 0 Å². The SMILES string of the molecule is CC(C)CC(C)N1CCCNC(C2CC2)C1. The van der Waals surface area contributed by atoms with Gasteiger partial charge in [-0.2, -0.15) is 0 Å². The summed E-state index contributed by atoms with van der Waals surface area (Å²) < 4.78 is 0. The summed E-state index contributed by atoms with van der Waals surface area (Å²) in [5.41, 5.74) is 0. The van der Waals surface area contributed by atoms with Crippen molar-refractivity contribution in [1.29, 1.82) is 0 Å². The van der Waals surface area contributed by atoms with E-state index in [2.05, 4.69) is 31.0 Å². The summed E-state index contributed by atoms with van der Waals surface area (Å²) in [6.45, 7) is 10.9. The van der Waals surface area contributed by atoms with Crippen LogP contribution in [0.25, 0.3) is 0 Å². The van der Waals surface area contributed by atoms with Gasteiger partial charge in [0.05, 0.1) is 0 Å². The molecule has 0 aromatic carbocycles. The molecule has 1 heterocycles. The predicted molar refractivity (Wildman–Crippen MR) is 69.6 cm³/mol. The molecule has 1 saturated heterocycles. The predicted octanol–water partition coefficient (Wildman–Crippen LogP) is 2.49. The molecule has 1 N–H and O–H groups in total. The highest BCUT2D eigenvalue weighted by Gasteiger charge is 2.33. The maximum Gasteiger partial charge on any atom is 0.0223 e. The number of rotatable bonds is 4. The van der Waals surface area contributed by atoms with Gasteiger partial charge < -0.3 is 5.32 Å². The summed E-state index contributed by atoms with van der Waals surface area (Å²) in [7, 11) is 0. The second-order valence-electron chi connectivity index (χ2n) is 6.23. The minimum absolute atomic E-state index is 0.765. The summed E-state index contributed by atoms with van der Waals surface area (Å²) in [6, 6.07) is 1.55. The van der Waals surface area contributed by atoms with E-state index in [4.69, 9.17) is 0 Å². The first-order chi connectivity index (χ1) is 7.66. The van der Waals surface area contributed by atoms with Crippen LogP contribution in [0, 0.1) is 11.8 Å². The first kappa shape index (κ1) is 12.4. The second kappa shape index (κ2) is 5.50. The molecule has 0 aromatic heterocycles. The number of nitrogens with one attached hydrogen (secondary N) is 1. The van der Waals surface area contributed by atoms with Gasteiger partial charge in [0, 0.05) is 18.6 Å². The van der Waals surface area contributed by atoms with Crippen LogP contribution in [0.5, 0.6) is 0 Å². The van der Waals surface area contributed by atoms with Crippen molar-refractivity contribution >= 4 is 0 Å². The van der Waals surface area contributed by atoms with Gasteiger partial charge in [-0.25, -0.2) is 0 Å². The Labute approximate surface area is 101 Å². The van der Waals surface area contributed by atoms with Gasteiger partial charge in [-0.05, 0) is 57.5 Å². The molecule has 0 bridgehead atoms. The summed E-state index contributed by atoms with van der Waals surface area (Å²) in [5, 5.41) is 3.74. The summed E-state index contributed by atoms with van der Waals surface area (Å²) >= 11 is 0. The van der Waals surface area contributed by atoms with Crippen LogP contribution in [-0.2, 0) is 0 Å². The third-order valence-corrected chi connectivity index (χ3v) is 4.09. The molecular formula is C14H28N2. The molecule has 2 aliphatic rings. The highest BCUT2D eigenvalue weighted by molar-refractivity contribution is 4.91. The second-order valence-corrected chi connectivity index (χ2v) is 6.23. The summed E-state index contributed by atoms with van der Waals surface area (Å²) in [6.07, 6.45) is 5.59. The molecule has 16 heavy (non-hydrogen) atoms. The molecule has 0 aromatic rings. The molecule has 94 valence electrons. The Kier molecular flexibility index (Phi) is 4.26. The standard InChI is InChI=1S/C14H28N2/c1-11(2)9-12(3)16-8-4-7-15-14(10-16)13-5-6-13/h11-15H,4-10H2,1-3H3. The van der Waals surface area contributed by atoms with Crippen LogP contribution in [0.2, 0.25) is 0 Å². The van der Waals surface area contributed by atoms with Crippen LogP contribution in [0.3, 0.4) is 0 Å². The molecule has 0 spiro atoms. The Bertz CT molecular complexity index is 211. The molecule has 1 aliphatic carbocycles. The molecule has 2 heteroatoms. The molecule has 2 atom stereocenters. The van der Waals surface area contributed by atoms with Crippen molar-refractivity contribution < 1.29 is 0 Å². The molecule has 2 nitrogen and oxygen atoms in total. The molecule has 2 fully saturated rings. The van der Waals surface area contributed by atoms with E-state index < -0.39 is 0 Å². The highest BCUT2D eigenvalue weighted by atomic mass is 15.2.